The Morgan fingerprint density at radius 1 is 1.17 bits per heavy atom. The molecule has 1 nitrogen and oxygen atoms in total. The summed E-state index contributed by atoms with van der Waals surface area (Å²) < 4.78 is 13.8. The van der Waals surface area contributed by atoms with Gasteiger partial charge in [0.15, 0.2) is 0 Å². The molecule has 0 bridgehead atoms. The summed E-state index contributed by atoms with van der Waals surface area (Å²) in [5.74, 6) is -0.253. The van der Waals surface area contributed by atoms with Crippen LogP contribution in [0.25, 0.3) is 0 Å². The van der Waals surface area contributed by atoms with Gasteiger partial charge in [0.2, 0.25) is 0 Å². The molecular weight excluding hydrogens is 317 g/mol. The second-order valence-electron chi connectivity index (χ2n) is 3.94. The topological polar surface area (TPSA) is 12.0 Å². The zero-order valence-corrected chi connectivity index (χ0v) is 12.1. The molecule has 1 N–H and O–H groups in total. The highest BCUT2D eigenvalue weighted by molar-refractivity contribution is 9.10. The van der Waals surface area contributed by atoms with Gasteiger partial charge in [-0.3, -0.25) is 0 Å². The second-order valence-corrected chi connectivity index (χ2v) is 5.23. The molecule has 0 aromatic heterocycles. The minimum absolute atomic E-state index is 0.00255. The van der Waals surface area contributed by atoms with E-state index in [9.17, 15) is 4.39 Å². The van der Waals surface area contributed by atoms with Crippen LogP contribution >= 0.6 is 27.5 Å². The van der Waals surface area contributed by atoms with Crippen LogP contribution in [0.1, 0.15) is 17.2 Å². The lowest BCUT2D eigenvalue weighted by Gasteiger charge is -2.18. The van der Waals surface area contributed by atoms with Gasteiger partial charge in [-0.05, 0) is 42.4 Å². The van der Waals surface area contributed by atoms with Crippen molar-refractivity contribution in [3.8, 4) is 0 Å². The summed E-state index contributed by atoms with van der Waals surface area (Å²) in [6.45, 7) is 0. The van der Waals surface area contributed by atoms with Crippen LogP contribution in [0.2, 0.25) is 5.02 Å². The molecule has 0 heterocycles. The van der Waals surface area contributed by atoms with E-state index in [1.165, 1.54) is 12.1 Å². The molecular formula is C14H12BrClFN. The lowest BCUT2D eigenvalue weighted by Crippen LogP contribution is -2.18. The molecule has 0 spiro atoms. The van der Waals surface area contributed by atoms with Crippen molar-refractivity contribution in [3.63, 3.8) is 0 Å². The monoisotopic (exact) mass is 327 g/mol. The predicted octanol–water partition coefficient (Wildman–Crippen LogP) is 4.55. The molecule has 2 aromatic rings. The first-order chi connectivity index (χ1) is 8.61. The highest BCUT2D eigenvalue weighted by Crippen LogP contribution is 2.29. The smallest absolute Gasteiger partial charge is 0.124 e. The number of halogens is 3. The quantitative estimate of drug-likeness (QED) is 0.871. The van der Waals surface area contributed by atoms with Crippen LogP contribution in [0.3, 0.4) is 0 Å². The minimum Gasteiger partial charge on any atom is -0.309 e. The molecule has 0 fully saturated rings. The van der Waals surface area contributed by atoms with Crippen LogP contribution in [-0.4, -0.2) is 7.05 Å². The van der Waals surface area contributed by atoms with Crippen molar-refractivity contribution in [1.82, 2.24) is 5.32 Å². The Labute approximate surface area is 119 Å². The molecule has 4 heteroatoms. The maximum absolute atomic E-state index is 13.1. The van der Waals surface area contributed by atoms with Crippen LogP contribution in [0.5, 0.6) is 0 Å². The van der Waals surface area contributed by atoms with Gasteiger partial charge in [0.25, 0.3) is 0 Å². The van der Waals surface area contributed by atoms with Gasteiger partial charge in [0, 0.05) is 9.50 Å². The first-order valence-corrected chi connectivity index (χ1v) is 6.66. The molecule has 18 heavy (non-hydrogen) atoms. The van der Waals surface area contributed by atoms with Gasteiger partial charge in [-0.15, -0.1) is 0 Å². The van der Waals surface area contributed by atoms with Crippen molar-refractivity contribution in [2.45, 2.75) is 6.04 Å². The second kappa shape index (κ2) is 5.83. The van der Waals surface area contributed by atoms with Gasteiger partial charge in [-0.25, -0.2) is 4.39 Å². The largest absolute Gasteiger partial charge is 0.309 e. The molecule has 2 aromatic carbocycles. The van der Waals surface area contributed by atoms with Gasteiger partial charge in [-0.2, -0.15) is 0 Å². The average Bonchev–Trinajstić information content (AvgIpc) is 2.35. The van der Waals surface area contributed by atoms with E-state index in [0.29, 0.717) is 5.02 Å². The Morgan fingerprint density at radius 2 is 1.83 bits per heavy atom. The number of benzene rings is 2. The molecule has 0 radical (unpaired) electrons. The summed E-state index contributed by atoms with van der Waals surface area (Å²) in [4.78, 5) is 0. The fraction of sp³-hybridized carbons (Fsp3) is 0.143. The van der Waals surface area contributed by atoms with Crippen molar-refractivity contribution in [1.29, 1.82) is 0 Å². The Hall–Kier alpha value is -0.900. The van der Waals surface area contributed by atoms with Crippen molar-refractivity contribution in [2.75, 3.05) is 7.05 Å². The Bertz CT molecular complexity index is 542. The zero-order chi connectivity index (χ0) is 13.1. The van der Waals surface area contributed by atoms with Crippen molar-refractivity contribution in [2.24, 2.45) is 0 Å². The molecule has 0 amide bonds. The maximum atomic E-state index is 13.1. The van der Waals surface area contributed by atoms with E-state index in [1.807, 2.05) is 31.3 Å². The first kappa shape index (κ1) is 13.5. The number of hydrogen-bond acceptors (Lipinski definition) is 1. The van der Waals surface area contributed by atoms with E-state index in [2.05, 4.69) is 21.2 Å². The third kappa shape index (κ3) is 2.91. The summed E-state index contributed by atoms with van der Waals surface area (Å²) in [6, 6.07) is 12.3. The number of nitrogens with one attached hydrogen (secondary N) is 1. The molecule has 0 saturated carbocycles. The lowest BCUT2D eigenvalue weighted by molar-refractivity contribution is 0.621. The van der Waals surface area contributed by atoms with E-state index in [1.54, 1.807) is 6.07 Å². The standard InChI is InChI=1S/C14H12BrClFN/c1-18-14(9-2-4-10(16)5-3-9)12-7-6-11(17)8-13(12)15/h2-8,14,18H,1H3. The van der Waals surface area contributed by atoms with E-state index in [0.717, 1.165) is 15.6 Å². The Morgan fingerprint density at radius 3 is 2.39 bits per heavy atom. The Kier molecular flexibility index (Phi) is 4.38. The highest BCUT2D eigenvalue weighted by atomic mass is 79.9. The van der Waals surface area contributed by atoms with E-state index < -0.39 is 0 Å². The average molecular weight is 329 g/mol. The maximum Gasteiger partial charge on any atom is 0.124 e. The minimum atomic E-state index is -0.253. The van der Waals surface area contributed by atoms with Crippen LogP contribution < -0.4 is 5.32 Å². The summed E-state index contributed by atoms with van der Waals surface area (Å²) in [7, 11) is 1.87. The molecule has 0 saturated heterocycles. The van der Waals surface area contributed by atoms with Gasteiger partial charge in [0.1, 0.15) is 5.82 Å². The highest BCUT2D eigenvalue weighted by Gasteiger charge is 2.15. The van der Waals surface area contributed by atoms with Crippen LogP contribution in [0.15, 0.2) is 46.9 Å². The molecule has 0 aliphatic heterocycles. The first-order valence-electron chi connectivity index (χ1n) is 5.49. The zero-order valence-electron chi connectivity index (χ0n) is 9.75. The summed E-state index contributed by atoms with van der Waals surface area (Å²) in [6.07, 6.45) is 0. The van der Waals surface area contributed by atoms with E-state index in [4.69, 9.17) is 11.6 Å². The fourth-order valence-corrected chi connectivity index (χ4v) is 2.60. The summed E-state index contributed by atoms with van der Waals surface area (Å²) >= 11 is 9.27. The lowest BCUT2D eigenvalue weighted by atomic mass is 9.99. The number of rotatable bonds is 3. The van der Waals surface area contributed by atoms with E-state index >= 15 is 0 Å². The van der Waals surface area contributed by atoms with Crippen molar-refractivity contribution in [3.05, 3.63) is 68.9 Å². The van der Waals surface area contributed by atoms with Gasteiger partial charge in [-0.1, -0.05) is 45.7 Å². The van der Waals surface area contributed by atoms with E-state index in [-0.39, 0.29) is 11.9 Å². The van der Waals surface area contributed by atoms with Crippen molar-refractivity contribution < 1.29 is 4.39 Å². The normalized spacial score (nSPS) is 12.4. The van der Waals surface area contributed by atoms with Crippen LogP contribution in [0.4, 0.5) is 4.39 Å². The van der Waals surface area contributed by atoms with Gasteiger partial charge in [0.05, 0.1) is 6.04 Å². The predicted molar refractivity (Wildman–Crippen MR) is 76.5 cm³/mol. The van der Waals surface area contributed by atoms with Crippen LogP contribution in [-0.2, 0) is 0 Å². The molecule has 1 unspecified atom stereocenters. The molecule has 2 rings (SSSR count). The molecule has 0 aliphatic carbocycles. The summed E-state index contributed by atoms with van der Waals surface area (Å²) in [5.41, 5.74) is 2.07. The van der Waals surface area contributed by atoms with Gasteiger partial charge >= 0.3 is 0 Å². The molecule has 94 valence electrons. The SMILES string of the molecule is CNC(c1ccc(Cl)cc1)c1ccc(F)cc1Br. The third-order valence-electron chi connectivity index (χ3n) is 2.77. The van der Waals surface area contributed by atoms with Crippen molar-refractivity contribution >= 4 is 27.5 Å². The third-order valence-corrected chi connectivity index (χ3v) is 3.70. The molecule has 0 aliphatic rings. The summed E-state index contributed by atoms with van der Waals surface area (Å²) in [5, 5.41) is 3.92. The van der Waals surface area contributed by atoms with Crippen LogP contribution in [0, 0.1) is 5.82 Å². The molecule has 1 atom stereocenters. The number of hydrogen-bond donors (Lipinski definition) is 1. The fourth-order valence-electron chi connectivity index (χ4n) is 1.89. The Balaban J connectivity index is 2.41. The van der Waals surface area contributed by atoms with Gasteiger partial charge < -0.3 is 5.32 Å².